The first-order chi connectivity index (χ1) is 19.5. The van der Waals surface area contributed by atoms with Crippen molar-refractivity contribution in [2.45, 2.75) is 88.5 Å². The number of guanidine groups is 1. The Bertz CT molecular complexity index is 1180. The average molecular weight is 591 g/mol. The molecule has 2 aliphatic heterocycles. The Hall–Kier alpha value is -2.23. The van der Waals surface area contributed by atoms with Crippen molar-refractivity contribution in [3.63, 3.8) is 0 Å². The van der Waals surface area contributed by atoms with E-state index in [1.54, 1.807) is 0 Å². The van der Waals surface area contributed by atoms with Crippen LogP contribution >= 0.6 is 23.2 Å². The molecule has 3 fully saturated rings. The van der Waals surface area contributed by atoms with Gasteiger partial charge in [-0.2, -0.15) is 4.99 Å². The molecule has 0 aromatic heterocycles. The zero-order valence-corrected chi connectivity index (χ0v) is 24.2. The van der Waals surface area contributed by atoms with E-state index in [1.165, 1.54) is 44.2 Å². The predicted octanol–water partition coefficient (Wildman–Crippen LogP) is 6.38. The molecule has 10 heteroatoms. The van der Waals surface area contributed by atoms with Gasteiger partial charge in [-0.05, 0) is 61.6 Å². The number of nitrogens with zero attached hydrogens (tertiary/aromatic N) is 2. The number of hydrogen-bond acceptors (Lipinski definition) is 4. The number of carbonyl (C=O) groups is 1. The minimum absolute atomic E-state index is 0.0295. The lowest BCUT2D eigenvalue weighted by Gasteiger charge is -2.35. The number of halogens is 3. The van der Waals surface area contributed by atoms with Crippen LogP contribution in [0.3, 0.4) is 0 Å². The van der Waals surface area contributed by atoms with E-state index in [0.717, 1.165) is 43.7 Å². The van der Waals surface area contributed by atoms with Gasteiger partial charge in [0.05, 0.1) is 11.2 Å². The minimum atomic E-state index is -0.644. The Morgan fingerprint density at radius 3 is 2.45 bits per heavy atom. The number of nitrogens with one attached hydrogen (secondary N) is 3. The maximum absolute atomic E-state index is 14.1. The highest BCUT2D eigenvalue weighted by Gasteiger charge is 2.38. The van der Waals surface area contributed by atoms with Crippen molar-refractivity contribution in [3.05, 3.63) is 69.5 Å². The second kappa shape index (κ2) is 14.1. The van der Waals surface area contributed by atoms with Gasteiger partial charge >= 0.3 is 0 Å². The molecule has 2 heterocycles. The smallest absolute Gasteiger partial charge is 0.280 e. The average Bonchev–Trinajstić information content (AvgIpc) is 3.34. The Morgan fingerprint density at radius 2 is 1.73 bits per heavy atom. The molecule has 1 saturated carbocycles. The highest BCUT2D eigenvalue weighted by atomic mass is 35.5. The second-order valence-electron chi connectivity index (χ2n) is 11.0. The fraction of sp³-hybridized carbons (Fsp3) is 0.533. The van der Waals surface area contributed by atoms with Crippen molar-refractivity contribution in [1.82, 2.24) is 21.1 Å². The molecule has 2 atom stereocenters. The second-order valence-corrected chi connectivity index (χ2v) is 11.8. The third kappa shape index (κ3) is 7.74. The van der Waals surface area contributed by atoms with E-state index in [2.05, 4.69) is 32.1 Å². The number of hydrazine groups is 1. The monoisotopic (exact) mass is 589 g/mol. The fourth-order valence-corrected chi connectivity index (χ4v) is 6.21. The number of hydrogen-bond donors (Lipinski definition) is 3. The van der Waals surface area contributed by atoms with Gasteiger partial charge < -0.3 is 15.4 Å². The van der Waals surface area contributed by atoms with Gasteiger partial charge in [0.1, 0.15) is 5.82 Å². The normalized spacial score (nSPS) is 23.9. The van der Waals surface area contributed by atoms with E-state index in [1.807, 2.05) is 18.2 Å². The van der Waals surface area contributed by atoms with Gasteiger partial charge in [-0.1, -0.05) is 67.4 Å². The molecule has 2 unspecified atom stereocenters. The number of carbonyl (C=O) groups excluding carboxylic acids is 1. The molecule has 3 N–H and O–H groups in total. The fourth-order valence-electron chi connectivity index (χ4n) is 5.89. The summed E-state index contributed by atoms with van der Waals surface area (Å²) < 4.78 is 19.7. The lowest BCUT2D eigenvalue weighted by molar-refractivity contribution is 0.0787. The zero-order chi connectivity index (χ0) is 27.9. The summed E-state index contributed by atoms with van der Waals surface area (Å²) in [7, 11) is 0. The number of aliphatic imine (C=N–C) groups is 1. The Kier molecular flexibility index (Phi) is 10.3. The van der Waals surface area contributed by atoms with Gasteiger partial charge in [-0.3, -0.25) is 4.79 Å². The van der Waals surface area contributed by atoms with Crippen LogP contribution in [0.4, 0.5) is 4.39 Å². The van der Waals surface area contributed by atoms with Crippen molar-refractivity contribution in [3.8, 4) is 0 Å². The number of benzene rings is 2. The summed E-state index contributed by atoms with van der Waals surface area (Å²) in [4.78, 5) is 17.6. The molecule has 5 rings (SSSR count). The largest absolute Gasteiger partial charge is 0.381 e. The van der Waals surface area contributed by atoms with Gasteiger partial charge in [-0.25, -0.2) is 14.8 Å². The van der Waals surface area contributed by atoms with Crippen molar-refractivity contribution >= 4 is 35.1 Å². The van der Waals surface area contributed by atoms with Gasteiger partial charge in [0.25, 0.3) is 5.91 Å². The van der Waals surface area contributed by atoms with Crippen LogP contribution in [-0.4, -0.2) is 48.3 Å². The van der Waals surface area contributed by atoms with Crippen LogP contribution in [-0.2, 0) is 4.74 Å². The van der Waals surface area contributed by atoms with Crippen LogP contribution < -0.4 is 16.1 Å². The molecular weight excluding hydrogens is 552 g/mol. The molecular formula is C30H38Cl2FN5O2. The summed E-state index contributed by atoms with van der Waals surface area (Å²) in [6.07, 6.45) is 10.7. The summed E-state index contributed by atoms with van der Waals surface area (Å²) in [5.74, 6) is -0.788. The van der Waals surface area contributed by atoms with E-state index < -0.39 is 11.7 Å². The molecule has 2 aromatic rings. The number of ether oxygens (including phenoxy) is 1. The van der Waals surface area contributed by atoms with Gasteiger partial charge in [0.2, 0.25) is 5.96 Å². The molecule has 0 spiro atoms. The molecule has 2 aromatic carbocycles. The first-order valence-corrected chi connectivity index (χ1v) is 15.2. The summed E-state index contributed by atoms with van der Waals surface area (Å²) in [6, 6.07) is 12.5. The van der Waals surface area contributed by atoms with Crippen molar-refractivity contribution in [2.75, 3.05) is 13.2 Å². The third-order valence-electron chi connectivity index (χ3n) is 8.06. The molecule has 40 heavy (non-hydrogen) atoms. The first kappa shape index (κ1) is 29.3. The maximum atomic E-state index is 14.1. The Morgan fingerprint density at radius 1 is 0.975 bits per heavy atom. The summed E-state index contributed by atoms with van der Waals surface area (Å²) in [5, 5.41) is 10.1. The van der Waals surface area contributed by atoms with Crippen molar-refractivity contribution < 1.29 is 13.9 Å². The maximum Gasteiger partial charge on any atom is 0.280 e. The first-order valence-electron chi connectivity index (χ1n) is 14.4. The zero-order valence-electron chi connectivity index (χ0n) is 22.7. The van der Waals surface area contributed by atoms with Crippen molar-refractivity contribution in [1.29, 1.82) is 0 Å². The van der Waals surface area contributed by atoms with Crippen molar-refractivity contribution in [2.24, 2.45) is 4.99 Å². The van der Waals surface area contributed by atoms with E-state index in [-0.39, 0.29) is 28.8 Å². The summed E-state index contributed by atoms with van der Waals surface area (Å²) >= 11 is 12.2. The standard InChI is InChI=1S/C30H38Cl2FN5O2/c31-22-8-6-7-20(17-22)27-19-28(38(37-27)24-9-4-2-1-3-5-10-24)35-30(34-23-13-15-40-16-14-23)36-29(39)21-11-12-25(32)26(33)18-21/h6-8,11-12,17-18,23-24,27-28,37H,1-5,9-10,13-16,19H2,(H2,34,35,36,39). The van der Waals surface area contributed by atoms with Crippen LogP contribution in [0.15, 0.2) is 47.5 Å². The Labute approximate surface area is 245 Å². The molecule has 3 aliphatic rings. The Balaban J connectivity index is 1.41. The molecule has 216 valence electrons. The quantitative estimate of drug-likeness (QED) is 0.277. The van der Waals surface area contributed by atoms with E-state index >= 15 is 0 Å². The highest BCUT2D eigenvalue weighted by Crippen LogP contribution is 2.32. The number of rotatable bonds is 5. The van der Waals surface area contributed by atoms with Crippen LogP contribution in [0.1, 0.15) is 86.2 Å². The van der Waals surface area contributed by atoms with Crippen LogP contribution in [0.25, 0.3) is 0 Å². The predicted molar refractivity (Wildman–Crippen MR) is 157 cm³/mol. The molecule has 2 saturated heterocycles. The van der Waals surface area contributed by atoms with Gasteiger partial charge in [-0.15, -0.1) is 0 Å². The van der Waals surface area contributed by atoms with E-state index in [0.29, 0.717) is 30.2 Å². The summed E-state index contributed by atoms with van der Waals surface area (Å²) in [5.41, 5.74) is 5.04. The lowest BCUT2D eigenvalue weighted by Crippen LogP contribution is -2.56. The third-order valence-corrected chi connectivity index (χ3v) is 8.61. The molecule has 1 aliphatic carbocycles. The van der Waals surface area contributed by atoms with Crippen LogP contribution in [0.2, 0.25) is 10.0 Å². The lowest BCUT2D eigenvalue weighted by atomic mass is 9.96. The molecule has 0 bridgehead atoms. The summed E-state index contributed by atoms with van der Waals surface area (Å²) in [6.45, 7) is 1.30. The number of amides is 1. The minimum Gasteiger partial charge on any atom is -0.381 e. The van der Waals surface area contributed by atoms with E-state index in [4.69, 9.17) is 27.9 Å². The SMILES string of the molecule is O=C(/N=C(/NC1CCOCC1)NC1CC(c2cccc(Cl)c2)NN1C1CCCCCCC1)c1ccc(Cl)c(F)c1. The highest BCUT2D eigenvalue weighted by molar-refractivity contribution is 6.31. The van der Waals surface area contributed by atoms with Crippen LogP contribution in [0, 0.1) is 5.82 Å². The molecule has 1 amide bonds. The van der Waals surface area contributed by atoms with Gasteiger partial charge in [0, 0.05) is 48.3 Å². The van der Waals surface area contributed by atoms with Crippen LogP contribution in [0.5, 0.6) is 0 Å². The molecule has 0 radical (unpaired) electrons. The molecule has 7 nitrogen and oxygen atoms in total. The van der Waals surface area contributed by atoms with E-state index in [9.17, 15) is 9.18 Å². The topological polar surface area (TPSA) is 78.0 Å². The van der Waals surface area contributed by atoms with Gasteiger partial charge in [0.15, 0.2) is 0 Å².